The van der Waals surface area contributed by atoms with Crippen LogP contribution in [-0.4, -0.2) is 9.55 Å². The summed E-state index contributed by atoms with van der Waals surface area (Å²) in [5.74, 6) is 0.195. The molecular weight excluding hydrogens is 255 g/mol. The molecule has 0 radical (unpaired) electrons. The van der Waals surface area contributed by atoms with Crippen molar-refractivity contribution in [2.45, 2.75) is 13.3 Å². The average molecular weight is 270 g/mol. The average Bonchev–Trinajstić information content (AvgIpc) is 2.45. The van der Waals surface area contributed by atoms with Crippen molar-refractivity contribution in [1.29, 1.82) is 0 Å². The van der Waals surface area contributed by atoms with Gasteiger partial charge < -0.3 is 0 Å². The van der Waals surface area contributed by atoms with Gasteiger partial charge in [-0.1, -0.05) is 31.7 Å². The molecule has 1 aromatic carbocycles. The third-order valence-corrected chi connectivity index (χ3v) is 2.85. The van der Waals surface area contributed by atoms with E-state index in [0.717, 1.165) is 0 Å². The van der Waals surface area contributed by atoms with E-state index in [2.05, 4.69) is 11.6 Å². The number of hydrogen-bond donors (Lipinski definition) is 0. The minimum absolute atomic E-state index is 0.269. The Morgan fingerprint density at radius 1 is 1.35 bits per heavy atom. The number of allylic oxidation sites excluding steroid dienone is 4. The van der Waals surface area contributed by atoms with Crippen LogP contribution in [0.3, 0.4) is 0 Å². The van der Waals surface area contributed by atoms with Crippen LogP contribution in [0.2, 0.25) is 0 Å². The molecule has 3 nitrogen and oxygen atoms in total. The van der Waals surface area contributed by atoms with E-state index >= 15 is 0 Å². The lowest BCUT2D eigenvalue weighted by atomic mass is 10.2. The lowest BCUT2D eigenvalue weighted by molar-refractivity contribution is 0.629. The van der Waals surface area contributed by atoms with Gasteiger partial charge >= 0.3 is 0 Å². The van der Waals surface area contributed by atoms with Crippen LogP contribution in [0.1, 0.15) is 12.7 Å². The van der Waals surface area contributed by atoms with Crippen LogP contribution in [0.4, 0.5) is 4.39 Å². The summed E-state index contributed by atoms with van der Waals surface area (Å²) >= 11 is 0. The first-order chi connectivity index (χ1) is 9.67. The molecule has 4 heteroatoms. The van der Waals surface area contributed by atoms with Gasteiger partial charge in [0.1, 0.15) is 11.6 Å². The van der Waals surface area contributed by atoms with Gasteiger partial charge in [0.05, 0.1) is 10.9 Å². The molecule has 1 aromatic heterocycles. The fraction of sp³-hybridized carbons (Fsp3) is 0.125. The molecule has 2 rings (SSSR count). The Labute approximate surface area is 116 Å². The quantitative estimate of drug-likeness (QED) is 0.799. The number of fused-ring (bicyclic) bond motifs is 1. The summed E-state index contributed by atoms with van der Waals surface area (Å²) < 4.78 is 14.7. The smallest absolute Gasteiger partial charge is 0.265 e. The van der Waals surface area contributed by atoms with Gasteiger partial charge in [0, 0.05) is 12.6 Å². The van der Waals surface area contributed by atoms with Gasteiger partial charge in [-0.25, -0.2) is 9.37 Å². The first-order valence-corrected chi connectivity index (χ1v) is 6.34. The summed E-state index contributed by atoms with van der Waals surface area (Å²) in [4.78, 5) is 16.8. The van der Waals surface area contributed by atoms with Gasteiger partial charge in [0.2, 0.25) is 0 Å². The molecule has 0 saturated carbocycles. The highest BCUT2D eigenvalue weighted by atomic mass is 19.1. The number of rotatable bonds is 4. The van der Waals surface area contributed by atoms with E-state index in [1.807, 2.05) is 6.92 Å². The van der Waals surface area contributed by atoms with E-state index in [0.29, 0.717) is 17.8 Å². The van der Waals surface area contributed by atoms with E-state index < -0.39 is 5.82 Å². The van der Waals surface area contributed by atoms with Crippen molar-refractivity contribution in [1.82, 2.24) is 9.55 Å². The Kier molecular flexibility index (Phi) is 4.25. The van der Waals surface area contributed by atoms with Gasteiger partial charge in [-0.15, -0.1) is 0 Å². The van der Waals surface area contributed by atoms with Crippen molar-refractivity contribution in [2.75, 3.05) is 0 Å². The standard InChI is InChI=1S/C16H15FN2O/c1-3-5-6-7-10-19-15(4-2)18-14-9-8-12(17)11-13(14)16(19)20/h3,5-11H,1,4H2,2H3/b6-5-,10-7+. The highest BCUT2D eigenvalue weighted by Gasteiger charge is 2.08. The molecule has 0 unspecified atom stereocenters. The van der Waals surface area contributed by atoms with Crippen molar-refractivity contribution < 1.29 is 4.39 Å². The Morgan fingerprint density at radius 2 is 2.15 bits per heavy atom. The van der Waals surface area contributed by atoms with Crippen LogP contribution in [0.5, 0.6) is 0 Å². The first kappa shape index (κ1) is 13.9. The van der Waals surface area contributed by atoms with Crippen molar-refractivity contribution in [3.05, 3.63) is 71.1 Å². The monoisotopic (exact) mass is 270 g/mol. The zero-order valence-electron chi connectivity index (χ0n) is 11.2. The first-order valence-electron chi connectivity index (χ1n) is 6.34. The summed E-state index contributed by atoms with van der Waals surface area (Å²) in [5, 5.41) is 0.277. The second-order valence-corrected chi connectivity index (χ2v) is 4.18. The van der Waals surface area contributed by atoms with E-state index in [-0.39, 0.29) is 10.9 Å². The highest BCUT2D eigenvalue weighted by Crippen LogP contribution is 2.11. The second-order valence-electron chi connectivity index (χ2n) is 4.18. The maximum atomic E-state index is 13.3. The fourth-order valence-corrected chi connectivity index (χ4v) is 1.90. The Morgan fingerprint density at radius 3 is 2.85 bits per heavy atom. The lowest BCUT2D eigenvalue weighted by Crippen LogP contribution is -2.21. The Hall–Kier alpha value is -2.49. The number of aromatic nitrogens is 2. The molecule has 0 spiro atoms. The maximum Gasteiger partial charge on any atom is 0.265 e. The molecule has 0 N–H and O–H groups in total. The summed E-state index contributed by atoms with van der Waals surface area (Å²) in [6, 6.07) is 4.05. The summed E-state index contributed by atoms with van der Waals surface area (Å²) in [6.07, 6.45) is 9.10. The normalized spacial score (nSPS) is 11.7. The fourth-order valence-electron chi connectivity index (χ4n) is 1.90. The molecule has 0 amide bonds. The van der Waals surface area contributed by atoms with Gasteiger partial charge in [-0.05, 0) is 24.3 Å². The molecule has 102 valence electrons. The van der Waals surface area contributed by atoms with Crippen molar-refractivity contribution >= 4 is 17.1 Å². The Bertz CT molecular complexity index is 757. The number of nitrogens with zero attached hydrogens (tertiary/aromatic N) is 2. The predicted molar refractivity (Wildman–Crippen MR) is 80.0 cm³/mol. The van der Waals surface area contributed by atoms with Crippen LogP contribution >= 0.6 is 0 Å². The summed E-state index contributed by atoms with van der Waals surface area (Å²) in [7, 11) is 0. The number of benzene rings is 1. The molecule has 0 saturated heterocycles. The Balaban J connectivity index is 2.65. The molecule has 0 fully saturated rings. The molecule has 2 aromatic rings. The summed E-state index contributed by atoms with van der Waals surface area (Å²) in [6.45, 7) is 5.48. The zero-order chi connectivity index (χ0) is 14.5. The largest absolute Gasteiger partial charge is 0.271 e. The molecule has 0 aliphatic rings. The van der Waals surface area contributed by atoms with E-state index in [1.165, 1.54) is 22.8 Å². The van der Waals surface area contributed by atoms with E-state index in [1.54, 1.807) is 30.5 Å². The minimum atomic E-state index is -0.442. The van der Waals surface area contributed by atoms with Gasteiger partial charge in [-0.3, -0.25) is 9.36 Å². The highest BCUT2D eigenvalue weighted by molar-refractivity contribution is 5.78. The molecule has 0 atom stereocenters. The minimum Gasteiger partial charge on any atom is -0.271 e. The van der Waals surface area contributed by atoms with Crippen LogP contribution in [-0.2, 0) is 6.42 Å². The molecule has 1 heterocycles. The number of aryl methyl sites for hydroxylation is 1. The van der Waals surface area contributed by atoms with Crippen molar-refractivity contribution in [2.24, 2.45) is 0 Å². The molecule has 0 aliphatic heterocycles. The predicted octanol–water partition coefficient (Wildman–Crippen LogP) is 3.31. The van der Waals surface area contributed by atoms with E-state index in [4.69, 9.17) is 0 Å². The molecular formula is C16H15FN2O. The van der Waals surface area contributed by atoms with Crippen LogP contribution in [0.25, 0.3) is 17.1 Å². The molecule has 20 heavy (non-hydrogen) atoms. The third-order valence-electron chi connectivity index (χ3n) is 2.85. The zero-order valence-corrected chi connectivity index (χ0v) is 11.2. The van der Waals surface area contributed by atoms with Crippen LogP contribution in [0.15, 0.2) is 53.9 Å². The third kappa shape index (κ3) is 2.74. The topological polar surface area (TPSA) is 34.9 Å². The SMILES string of the molecule is C=C/C=C\C=C\n1c(CC)nc2ccc(F)cc2c1=O. The molecule has 0 aliphatic carbocycles. The van der Waals surface area contributed by atoms with Gasteiger partial charge in [0.15, 0.2) is 0 Å². The van der Waals surface area contributed by atoms with Crippen LogP contribution < -0.4 is 5.56 Å². The van der Waals surface area contributed by atoms with Crippen molar-refractivity contribution in [3.63, 3.8) is 0 Å². The maximum absolute atomic E-state index is 13.3. The number of hydrogen-bond acceptors (Lipinski definition) is 2. The second kappa shape index (κ2) is 6.10. The lowest BCUT2D eigenvalue weighted by Gasteiger charge is -2.07. The van der Waals surface area contributed by atoms with E-state index in [9.17, 15) is 9.18 Å². The van der Waals surface area contributed by atoms with Gasteiger partial charge in [-0.2, -0.15) is 0 Å². The van der Waals surface area contributed by atoms with Crippen molar-refractivity contribution in [3.8, 4) is 0 Å². The summed E-state index contributed by atoms with van der Waals surface area (Å²) in [5.41, 5.74) is 0.245. The van der Waals surface area contributed by atoms with Crippen LogP contribution in [0, 0.1) is 5.82 Å². The number of halogens is 1. The molecule has 0 bridgehead atoms. The van der Waals surface area contributed by atoms with Gasteiger partial charge in [0.25, 0.3) is 5.56 Å².